The van der Waals surface area contributed by atoms with E-state index in [2.05, 4.69) is 15.8 Å². The Balaban J connectivity index is 1.71. The van der Waals surface area contributed by atoms with Gasteiger partial charge in [-0.25, -0.2) is 5.43 Å². The molecule has 0 radical (unpaired) electrons. The van der Waals surface area contributed by atoms with E-state index in [1.807, 2.05) is 36.4 Å². The summed E-state index contributed by atoms with van der Waals surface area (Å²) in [5.74, 6) is 0.0680. The van der Waals surface area contributed by atoms with Crippen LogP contribution in [0.1, 0.15) is 11.1 Å². The number of hydroxylamine groups is 1. The van der Waals surface area contributed by atoms with Crippen LogP contribution in [0.4, 0.5) is 0 Å². The van der Waals surface area contributed by atoms with E-state index in [0.717, 1.165) is 5.56 Å². The first-order chi connectivity index (χ1) is 12.7. The predicted octanol–water partition coefficient (Wildman–Crippen LogP) is 2.73. The third-order valence-corrected chi connectivity index (χ3v) is 3.15. The average molecular weight is 354 g/mol. The molecule has 2 N–H and O–H groups in total. The summed E-state index contributed by atoms with van der Waals surface area (Å²) in [5, 5.41) is 25.5. The fourth-order valence-electron chi connectivity index (χ4n) is 1.93. The van der Waals surface area contributed by atoms with E-state index in [4.69, 9.17) is 9.94 Å². The minimum Gasteiger partial charge on any atom is -0.597 e. The highest BCUT2D eigenvalue weighted by Crippen LogP contribution is 2.12. The molecule has 26 heavy (non-hydrogen) atoms. The quantitative estimate of drug-likeness (QED) is 0.329. The minimum atomic E-state index is -0.400. The summed E-state index contributed by atoms with van der Waals surface area (Å²) in [6, 6.07) is 16.2. The lowest BCUT2D eigenvalue weighted by Gasteiger charge is -2.05. The molecule has 0 aliphatic heterocycles. The van der Waals surface area contributed by atoms with Gasteiger partial charge in [0.25, 0.3) is 5.91 Å². The van der Waals surface area contributed by atoms with E-state index in [1.165, 1.54) is 6.21 Å². The van der Waals surface area contributed by atoms with Gasteiger partial charge in [0.05, 0.1) is 0 Å². The summed E-state index contributed by atoms with van der Waals surface area (Å²) >= 11 is 0. The van der Waals surface area contributed by atoms with Gasteiger partial charge in [-0.2, -0.15) is 5.10 Å². The van der Waals surface area contributed by atoms with Gasteiger partial charge in [0, 0.05) is 11.8 Å². The van der Waals surface area contributed by atoms with Gasteiger partial charge in [0.1, 0.15) is 5.75 Å². The number of amides is 1. The Morgan fingerprint density at radius 1 is 1.19 bits per heavy atom. The largest absolute Gasteiger partial charge is 0.597 e. The number of allylic oxidation sites excluding steroid dienone is 1. The zero-order valence-corrected chi connectivity index (χ0v) is 13.9. The van der Waals surface area contributed by atoms with E-state index in [0.29, 0.717) is 11.3 Å². The third kappa shape index (κ3) is 6.83. The van der Waals surface area contributed by atoms with Crippen LogP contribution in [-0.4, -0.2) is 28.8 Å². The molecule has 0 fully saturated rings. The number of hydrogen-bond donors (Lipinski definition) is 2. The van der Waals surface area contributed by atoms with Gasteiger partial charge in [0.15, 0.2) is 11.9 Å². The van der Waals surface area contributed by atoms with E-state index < -0.39 is 5.91 Å². The Kier molecular flexibility index (Phi) is 7.35. The second-order valence-corrected chi connectivity index (χ2v) is 5.12. The highest BCUT2D eigenvalue weighted by atomic mass is 16.6. The number of nitrogens with one attached hydrogen (secondary N) is 1. The highest BCUT2D eigenvalue weighted by molar-refractivity contribution is 5.81. The number of carbonyl (C=O) groups is 1. The molecule has 0 bridgehead atoms. The van der Waals surface area contributed by atoms with E-state index in [9.17, 15) is 10.0 Å². The van der Waals surface area contributed by atoms with E-state index in [1.54, 1.807) is 30.3 Å². The summed E-state index contributed by atoms with van der Waals surface area (Å²) in [4.78, 5) is 11.8. The van der Waals surface area contributed by atoms with Crippen LogP contribution in [0.15, 0.2) is 71.1 Å². The zero-order chi connectivity index (χ0) is 18.6. The number of hydrogen-bond acceptors (Lipinski definition) is 5. The monoisotopic (exact) mass is 354 g/mol. The van der Waals surface area contributed by atoms with Crippen molar-refractivity contribution in [2.75, 3.05) is 6.61 Å². The summed E-state index contributed by atoms with van der Waals surface area (Å²) < 4.78 is 5.31. The van der Waals surface area contributed by atoms with Gasteiger partial charge in [0.2, 0.25) is 6.54 Å². The molecule has 0 aromatic heterocycles. The molecule has 134 valence electrons. The van der Waals surface area contributed by atoms with Gasteiger partial charge in [-0.3, -0.25) is 4.79 Å². The molecule has 2 aromatic rings. The number of ether oxygens (including phenoxy) is 1. The molecule has 0 unspecified atom stereocenters. The summed E-state index contributed by atoms with van der Waals surface area (Å²) in [6.07, 6.45) is 5.05. The van der Waals surface area contributed by atoms with Gasteiger partial charge in [-0.05, 0) is 35.9 Å². The maximum atomic E-state index is 11.6. The van der Waals surface area contributed by atoms with Gasteiger partial charge < -0.3 is 15.2 Å². The van der Waals surface area contributed by atoms with Crippen molar-refractivity contribution in [1.82, 2.24) is 5.43 Å². The molecule has 2 rings (SSSR count). The first kappa shape index (κ1) is 18.7. The van der Waals surface area contributed by atoms with Crippen LogP contribution in [0.25, 0.3) is 6.08 Å². The Labute approximate surface area is 150 Å². The first-order valence-electron chi connectivity index (χ1n) is 7.72. The number of rotatable bonds is 8. The molecule has 0 atom stereocenters. The Bertz CT molecular complexity index is 787. The van der Waals surface area contributed by atoms with Crippen molar-refractivity contribution in [1.29, 1.82) is 0 Å². The Morgan fingerprint density at radius 3 is 2.62 bits per heavy atom. The molecule has 0 heterocycles. The molecular formula is C18H18N4O4. The third-order valence-electron chi connectivity index (χ3n) is 3.15. The number of nitrogens with zero attached hydrogens (tertiary/aromatic N) is 3. The van der Waals surface area contributed by atoms with Crippen molar-refractivity contribution in [3.63, 3.8) is 0 Å². The molecule has 1 amide bonds. The molecule has 0 saturated carbocycles. The van der Waals surface area contributed by atoms with Gasteiger partial charge in [-0.15, -0.1) is 0 Å². The normalized spacial score (nSPS) is 11.8. The van der Waals surface area contributed by atoms with Crippen molar-refractivity contribution in [2.45, 2.75) is 6.54 Å². The van der Waals surface area contributed by atoms with E-state index in [-0.39, 0.29) is 18.0 Å². The van der Waals surface area contributed by atoms with Crippen molar-refractivity contribution < 1.29 is 19.6 Å². The van der Waals surface area contributed by atoms with Gasteiger partial charge >= 0.3 is 0 Å². The standard InChI is InChI=1S/C18H18N4O4/c23-18(20-19-12-4-7-15-5-2-1-3-6-15)14-26-17-10-8-16(9-11-17)13-22(25)21-24/h1-12,24H,13-14H2,(H,20,23)/b7-4+,19-12+,22-21-. The fraction of sp³-hybridized carbons (Fsp3) is 0.111. The van der Waals surface area contributed by atoms with Crippen molar-refractivity contribution >= 4 is 18.2 Å². The topological polar surface area (TPSA) is 109 Å². The number of hydrazone groups is 1. The molecule has 8 nitrogen and oxygen atoms in total. The molecule has 0 saturated heterocycles. The van der Waals surface area contributed by atoms with Crippen LogP contribution < -0.4 is 10.2 Å². The maximum absolute atomic E-state index is 11.6. The van der Waals surface area contributed by atoms with Crippen LogP contribution in [0, 0.1) is 5.21 Å². The zero-order valence-electron chi connectivity index (χ0n) is 13.9. The lowest BCUT2D eigenvalue weighted by Crippen LogP contribution is -2.24. The SMILES string of the molecule is O=C(COc1ccc(C/[N+]([O-])=N/O)cc1)N/N=C/C=C/c1ccccc1. The molecule has 0 aliphatic rings. The van der Waals surface area contributed by atoms with Crippen molar-refractivity contribution in [3.8, 4) is 5.75 Å². The molecule has 0 aliphatic carbocycles. The summed E-state index contributed by atoms with van der Waals surface area (Å²) in [6.45, 7) is -0.277. The van der Waals surface area contributed by atoms with Crippen LogP contribution in [0.2, 0.25) is 0 Å². The van der Waals surface area contributed by atoms with Crippen LogP contribution in [-0.2, 0) is 11.3 Å². The van der Waals surface area contributed by atoms with Gasteiger partial charge in [-0.1, -0.05) is 41.3 Å². The Hall–Kier alpha value is -3.68. The predicted molar refractivity (Wildman–Crippen MR) is 95.6 cm³/mol. The smallest absolute Gasteiger partial charge is 0.277 e. The second-order valence-electron chi connectivity index (χ2n) is 5.12. The van der Waals surface area contributed by atoms with Crippen LogP contribution >= 0.6 is 0 Å². The molecular weight excluding hydrogens is 336 g/mol. The van der Waals surface area contributed by atoms with Crippen LogP contribution in [0.5, 0.6) is 5.75 Å². The first-order valence-corrected chi connectivity index (χ1v) is 7.72. The fourth-order valence-corrected chi connectivity index (χ4v) is 1.93. The molecule has 2 aromatic carbocycles. The second kappa shape index (κ2) is 10.2. The van der Waals surface area contributed by atoms with E-state index >= 15 is 0 Å². The minimum absolute atomic E-state index is 0.0809. The molecule has 8 heteroatoms. The highest BCUT2D eigenvalue weighted by Gasteiger charge is 2.03. The number of benzene rings is 2. The lowest BCUT2D eigenvalue weighted by molar-refractivity contribution is -0.570. The molecule has 0 spiro atoms. The van der Waals surface area contributed by atoms with Crippen LogP contribution in [0.3, 0.4) is 0 Å². The van der Waals surface area contributed by atoms with Crippen molar-refractivity contribution in [3.05, 3.63) is 77.0 Å². The summed E-state index contributed by atoms with van der Waals surface area (Å²) in [7, 11) is 0. The lowest BCUT2D eigenvalue weighted by atomic mass is 10.2. The maximum Gasteiger partial charge on any atom is 0.277 e. The van der Waals surface area contributed by atoms with Crippen molar-refractivity contribution in [2.24, 2.45) is 10.4 Å². The number of carbonyl (C=O) groups excluding carboxylic acids is 1. The average Bonchev–Trinajstić information content (AvgIpc) is 2.68. The summed E-state index contributed by atoms with van der Waals surface area (Å²) in [5.41, 5.74) is 4.03. The Morgan fingerprint density at radius 2 is 1.92 bits per heavy atom.